The SMILES string of the molecule is Clc1cnc(N2CC(Cn3cc(Cl)cn3)C2)nc1. The van der Waals surface area contributed by atoms with Crippen molar-refractivity contribution < 1.29 is 0 Å². The Morgan fingerprint density at radius 2 is 1.83 bits per heavy atom. The van der Waals surface area contributed by atoms with Crippen LogP contribution in [0.3, 0.4) is 0 Å². The third kappa shape index (κ3) is 2.42. The summed E-state index contributed by atoms with van der Waals surface area (Å²) in [5.74, 6) is 1.29. The fourth-order valence-electron chi connectivity index (χ4n) is 2.02. The molecule has 3 rings (SSSR count). The zero-order valence-corrected chi connectivity index (χ0v) is 11.0. The molecule has 0 aliphatic carbocycles. The van der Waals surface area contributed by atoms with Crippen molar-refractivity contribution in [3.05, 3.63) is 34.8 Å². The van der Waals surface area contributed by atoms with E-state index in [0.29, 0.717) is 16.0 Å². The molecular weight excluding hydrogens is 273 g/mol. The van der Waals surface area contributed by atoms with Crippen molar-refractivity contribution in [2.24, 2.45) is 5.92 Å². The summed E-state index contributed by atoms with van der Waals surface area (Å²) in [4.78, 5) is 10.5. The van der Waals surface area contributed by atoms with Gasteiger partial charge in [0.15, 0.2) is 0 Å². The van der Waals surface area contributed by atoms with Gasteiger partial charge in [0.25, 0.3) is 0 Å². The molecule has 18 heavy (non-hydrogen) atoms. The van der Waals surface area contributed by atoms with Crippen LogP contribution in [0.25, 0.3) is 0 Å². The third-order valence-corrected chi connectivity index (χ3v) is 3.28. The Morgan fingerprint density at radius 1 is 1.11 bits per heavy atom. The molecule has 0 bridgehead atoms. The molecule has 1 aliphatic heterocycles. The summed E-state index contributed by atoms with van der Waals surface area (Å²) < 4.78 is 1.87. The van der Waals surface area contributed by atoms with Crippen molar-refractivity contribution in [2.75, 3.05) is 18.0 Å². The Kier molecular flexibility index (Phi) is 3.09. The van der Waals surface area contributed by atoms with E-state index in [0.717, 1.165) is 25.6 Å². The molecule has 0 N–H and O–H groups in total. The number of hydrogen-bond donors (Lipinski definition) is 0. The fourth-order valence-corrected chi connectivity index (χ4v) is 2.27. The van der Waals surface area contributed by atoms with Crippen LogP contribution in [-0.4, -0.2) is 32.8 Å². The van der Waals surface area contributed by atoms with Gasteiger partial charge in [0, 0.05) is 31.7 Å². The van der Waals surface area contributed by atoms with Gasteiger partial charge in [0.05, 0.1) is 28.6 Å². The molecule has 0 aromatic carbocycles. The molecule has 7 heteroatoms. The summed E-state index contributed by atoms with van der Waals surface area (Å²) in [6.45, 7) is 2.73. The number of rotatable bonds is 3. The molecule has 0 radical (unpaired) electrons. The van der Waals surface area contributed by atoms with Gasteiger partial charge in [0.2, 0.25) is 5.95 Å². The van der Waals surface area contributed by atoms with Crippen molar-refractivity contribution in [3.63, 3.8) is 0 Å². The van der Waals surface area contributed by atoms with Gasteiger partial charge in [-0.05, 0) is 0 Å². The van der Waals surface area contributed by atoms with E-state index in [4.69, 9.17) is 23.2 Å². The van der Waals surface area contributed by atoms with E-state index in [9.17, 15) is 0 Å². The van der Waals surface area contributed by atoms with E-state index in [-0.39, 0.29) is 0 Å². The summed E-state index contributed by atoms with van der Waals surface area (Å²) in [5.41, 5.74) is 0. The number of anilines is 1. The smallest absolute Gasteiger partial charge is 0.225 e. The zero-order valence-electron chi connectivity index (χ0n) is 9.50. The first-order chi connectivity index (χ1) is 8.70. The normalized spacial score (nSPS) is 15.8. The molecule has 1 aliphatic rings. The molecule has 3 heterocycles. The second-order valence-corrected chi connectivity index (χ2v) is 5.23. The van der Waals surface area contributed by atoms with Gasteiger partial charge >= 0.3 is 0 Å². The van der Waals surface area contributed by atoms with Crippen LogP contribution in [0.1, 0.15) is 0 Å². The quantitative estimate of drug-likeness (QED) is 0.866. The summed E-state index contributed by atoms with van der Waals surface area (Å²) in [5, 5.41) is 5.40. The summed E-state index contributed by atoms with van der Waals surface area (Å²) in [6, 6.07) is 0. The van der Waals surface area contributed by atoms with Crippen molar-refractivity contribution in [1.29, 1.82) is 0 Å². The molecule has 0 atom stereocenters. The minimum absolute atomic E-state index is 0.556. The second kappa shape index (κ2) is 4.74. The van der Waals surface area contributed by atoms with Crippen molar-refractivity contribution in [3.8, 4) is 0 Å². The monoisotopic (exact) mass is 283 g/mol. The lowest BCUT2D eigenvalue weighted by molar-refractivity contribution is 0.338. The maximum Gasteiger partial charge on any atom is 0.225 e. The highest BCUT2D eigenvalue weighted by molar-refractivity contribution is 6.30. The lowest BCUT2D eigenvalue weighted by Crippen LogP contribution is -2.49. The highest BCUT2D eigenvalue weighted by Crippen LogP contribution is 2.22. The van der Waals surface area contributed by atoms with Crippen LogP contribution in [-0.2, 0) is 6.54 Å². The highest BCUT2D eigenvalue weighted by atomic mass is 35.5. The molecule has 2 aromatic rings. The van der Waals surface area contributed by atoms with Crippen LogP contribution >= 0.6 is 23.2 Å². The maximum atomic E-state index is 5.82. The molecule has 1 saturated heterocycles. The molecule has 2 aromatic heterocycles. The molecule has 0 spiro atoms. The Labute approximate surface area is 114 Å². The lowest BCUT2D eigenvalue weighted by Gasteiger charge is -2.39. The Balaban J connectivity index is 1.55. The Hall–Kier alpha value is -1.33. The van der Waals surface area contributed by atoms with Gasteiger partial charge in [-0.2, -0.15) is 5.10 Å². The topological polar surface area (TPSA) is 46.8 Å². The van der Waals surface area contributed by atoms with E-state index in [1.807, 2.05) is 10.9 Å². The number of nitrogens with zero attached hydrogens (tertiary/aromatic N) is 5. The van der Waals surface area contributed by atoms with E-state index < -0.39 is 0 Å². The minimum Gasteiger partial charge on any atom is -0.340 e. The van der Waals surface area contributed by atoms with Crippen molar-refractivity contribution in [2.45, 2.75) is 6.54 Å². The van der Waals surface area contributed by atoms with Crippen LogP contribution < -0.4 is 4.90 Å². The Bertz CT molecular complexity index is 533. The van der Waals surface area contributed by atoms with Crippen LogP contribution in [0, 0.1) is 5.92 Å². The van der Waals surface area contributed by atoms with Gasteiger partial charge in [0.1, 0.15) is 0 Å². The molecule has 5 nitrogen and oxygen atoms in total. The van der Waals surface area contributed by atoms with Crippen molar-refractivity contribution >= 4 is 29.2 Å². The minimum atomic E-state index is 0.556. The van der Waals surface area contributed by atoms with Crippen LogP contribution in [0.2, 0.25) is 10.0 Å². The van der Waals surface area contributed by atoms with Gasteiger partial charge in [-0.1, -0.05) is 23.2 Å². The molecule has 0 amide bonds. The number of hydrogen-bond acceptors (Lipinski definition) is 4. The zero-order chi connectivity index (χ0) is 12.5. The first-order valence-electron chi connectivity index (χ1n) is 5.61. The van der Waals surface area contributed by atoms with E-state index in [2.05, 4.69) is 20.0 Å². The average molecular weight is 284 g/mol. The third-order valence-electron chi connectivity index (χ3n) is 2.89. The molecule has 94 valence electrons. The van der Waals surface area contributed by atoms with Crippen molar-refractivity contribution in [1.82, 2.24) is 19.7 Å². The Morgan fingerprint density at radius 3 is 2.44 bits per heavy atom. The standard InChI is InChI=1S/C11H11Cl2N5/c12-9-1-14-11(15-2-9)17-4-8(5-17)6-18-7-10(13)3-16-18/h1-3,7-8H,4-6H2. The largest absolute Gasteiger partial charge is 0.340 e. The predicted molar refractivity (Wildman–Crippen MR) is 70.0 cm³/mol. The van der Waals surface area contributed by atoms with Crippen LogP contribution in [0.15, 0.2) is 24.8 Å². The molecule has 0 unspecified atom stereocenters. The lowest BCUT2D eigenvalue weighted by atomic mass is 10.0. The van der Waals surface area contributed by atoms with Gasteiger partial charge in [-0.25, -0.2) is 9.97 Å². The average Bonchev–Trinajstić information content (AvgIpc) is 2.71. The van der Waals surface area contributed by atoms with E-state index in [1.165, 1.54) is 0 Å². The summed E-state index contributed by atoms with van der Waals surface area (Å²) in [6.07, 6.45) is 6.72. The summed E-state index contributed by atoms with van der Waals surface area (Å²) in [7, 11) is 0. The first-order valence-corrected chi connectivity index (χ1v) is 6.37. The van der Waals surface area contributed by atoms with Crippen LogP contribution in [0.4, 0.5) is 5.95 Å². The fraction of sp³-hybridized carbons (Fsp3) is 0.364. The first kappa shape index (κ1) is 11.7. The molecular formula is C11H11Cl2N5. The van der Waals surface area contributed by atoms with Gasteiger partial charge < -0.3 is 4.90 Å². The molecule has 1 fully saturated rings. The second-order valence-electron chi connectivity index (χ2n) is 4.35. The maximum absolute atomic E-state index is 5.82. The highest BCUT2D eigenvalue weighted by Gasteiger charge is 2.28. The van der Waals surface area contributed by atoms with E-state index >= 15 is 0 Å². The van der Waals surface area contributed by atoms with Gasteiger partial charge in [-0.15, -0.1) is 0 Å². The summed E-state index contributed by atoms with van der Waals surface area (Å²) >= 11 is 11.6. The van der Waals surface area contributed by atoms with Crippen LogP contribution in [0.5, 0.6) is 0 Å². The number of halogens is 2. The predicted octanol–water partition coefficient (Wildman–Crippen LogP) is 2.12. The molecule has 0 saturated carbocycles. The number of aromatic nitrogens is 4. The van der Waals surface area contributed by atoms with Gasteiger partial charge in [-0.3, -0.25) is 4.68 Å². The van der Waals surface area contributed by atoms with E-state index in [1.54, 1.807) is 18.6 Å².